The van der Waals surface area contributed by atoms with Crippen LogP contribution in [0.15, 0.2) is 64.2 Å². The zero-order valence-electron chi connectivity index (χ0n) is 32.5. The number of carboxylic acid groups (broad SMARTS) is 2. The third-order valence-corrected chi connectivity index (χ3v) is 9.57. The van der Waals surface area contributed by atoms with Crippen LogP contribution in [0.25, 0.3) is 22.6 Å². The number of rotatable bonds is 21. The Hall–Kier alpha value is -7.24. The summed E-state index contributed by atoms with van der Waals surface area (Å²) in [6.45, 7) is -0.532. The van der Waals surface area contributed by atoms with Crippen LogP contribution in [0, 0.1) is 22.7 Å². The van der Waals surface area contributed by atoms with Gasteiger partial charge in [0.05, 0.1) is 24.1 Å². The molecule has 10 N–H and O–H groups in total. The number of thioether (sulfide) groups is 1. The molecule has 2 aromatic heterocycles. The molecule has 0 saturated carbocycles. The number of carboxylic acids is 2. The molecule has 4 aromatic rings. The van der Waals surface area contributed by atoms with Crippen LogP contribution in [0.5, 0.6) is 5.75 Å². The number of hydrogen-bond donors (Lipinski definition) is 7. The maximum absolute atomic E-state index is 12.7. The lowest BCUT2D eigenvalue weighted by molar-refractivity contribution is -0.161. The number of pyridine rings is 1. The van der Waals surface area contributed by atoms with Gasteiger partial charge in [-0.2, -0.15) is 10.5 Å². The number of aromatic nitrogens is 2. The Kier molecular flexibility index (Phi) is 17.1. The molecule has 0 aliphatic carbocycles. The van der Waals surface area contributed by atoms with Crippen LogP contribution in [-0.2, 0) is 44.0 Å². The summed E-state index contributed by atoms with van der Waals surface area (Å²) in [5, 5.41) is 43.3. The highest BCUT2D eigenvalue weighted by Gasteiger charge is 2.26. The Morgan fingerprint density at radius 2 is 1.50 bits per heavy atom. The Morgan fingerprint density at radius 3 is 2.11 bits per heavy atom. The number of aliphatic carboxylic acids is 2. The van der Waals surface area contributed by atoms with Gasteiger partial charge >= 0.3 is 23.9 Å². The second-order valence-electron chi connectivity index (χ2n) is 13.0. The number of oxazole rings is 1. The first kappa shape index (κ1) is 47.4. The van der Waals surface area contributed by atoms with Gasteiger partial charge in [-0.15, -0.1) is 0 Å². The number of halogens is 1. The van der Waals surface area contributed by atoms with Crippen LogP contribution < -0.4 is 32.6 Å². The van der Waals surface area contributed by atoms with E-state index in [1.165, 1.54) is 37.5 Å². The standard InChI is InChI=1S/C39H38ClN9O12S/c1-19(47-31(51)11-29(44)38(55)56)39(57)60-17-25(61-32(52)14-46-30(50)10-28(43)37(53)54)16-58-24-8-4-20(5-9-24)33-26(12-41)34(45)49-36(27(33)13-42)62-18-23-15-59-35(48-23)21-2-6-22(40)7-3-21/h2-9,15,19,25,28-29H,10-11,14,16-18,43-44H2,1H3,(H2,45,49)(H,46,50)(H,47,51)(H,53,54)(H,55,56)/t19-,25-,28?,29?/m0/s1. The molecule has 2 unspecified atom stereocenters. The largest absolute Gasteiger partial charge is 0.490 e. The second-order valence-corrected chi connectivity index (χ2v) is 14.4. The van der Waals surface area contributed by atoms with Gasteiger partial charge in [0.1, 0.15) is 78.4 Å². The molecular weight excluding hydrogens is 854 g/mol. The van der Waals surface area contributed by atoms with Crippen molar-refractivity contribution in [1.82, 2.24) is 20.6 Å². The monoisotopic (exact) mass is 891 g/mol. The van der Waals surface area contributed by atoms with Gasteiger partial charge in [-0.05, 0) is 48.9 Å². The van der Waals surface area contributed by atoms with Crippen molar-refractivity contribution in [2.45, 2.75) is 54.8 Å². The summed E-state index contributed by atoms with van der Waals surface area (Å²) in [5.41, 5.74) is 18.8. The van der Waals surface area contributed by atoms with Gasteiger partial charge in [0.2, 0.25) is 17.7 Å². The molecule has 0 aliphatic heterocycles. The lowest BCUT2D eigenvalue weighted by Crippen LogP contribution is -2.44. The zero-order chi connectivity index (χ0) is 45.5. The highest BCUT2D eigenvalue weighted by Crippen LogP contribution is 2.37. The van der Waals surface area contributed by atoms with E-state index in [0.29, 0.717) is 27.7 Å². The molecule has 2 aromatic carbocycles. The Morgan fingerprint density at radius 1 is 0.887 bits per heavy atom. The van der Waals surface area contributed by atoms with Gasteiger partial charge in [0.15, 0.2) is 6.10 Å². The minimum atomic E-state index is -1.52. The predicted octanol–water partition coefficient (Wildman–Crippen LogP) is 1.73. The van der Waals surface area contributed by atoms with Crippen molar-refractivity contribution in [1.29, 1.82) is 10.5 Å². The highest BCUT2D eigenvalue weighted by molar-refractivity contribution is 7.98. The second kappa shape index (κ2) is 22.4. The SMILES string of the molecule is C[C@H](NC(=O)CC(N)C(=O)O)C(=O)OC[C@H](COc1ccc(-c2c(C#N)c(N)nc(SCc3coc(-c4ccc(Cl)cc4)n3)c2C#N)cc1)OC(=O)CNC(=O)CC(N)C(=O)O. The summed E-state index contributed by atoms with van der Waals surface area (Å²) in [5.74, 6) is -5.93. The number of carbonyl (C=O) groups is 6. The van der Waals surface area contributed by atoms with Crippen LogP contribution in [0.1, 0.15) is 36.6 Å². The number of ether oxygens (including phenoxy) is 3. The van der Waals surface area contributed by atoms with Crippen molar-refractivity contribution >= 4 is 64.9 Å². The number of esters is 2. The number of nitrogens with zero attached hydrogens (tertiary/aromatic N) is 4. The van der Waals surface area contributed by atoms with E-state index in [2.05, 4.69) is 26.7 Å². The van der Waals surface area contributed by atoms with E-state index >= 15 is 0 Å². The fourth-order valence-electron chi connectivity index (χ4n) is 5.16. The van der Waals surface area contributed by atoms with Crippen molar-refractivity contribution in [2.75, 3.05) is 25.5 Å². The van der Waals surface area contributed by atoms with E-state index in [9.17, 15) is 39.3 Å². The molecule has 4 rings (SSSR count). The Bertz CT molecular complexity index is 2380. The number of nitrogen functional groups attached to an aromatic ring is 1. The zero-order valence-corrected chi connectivity index (χ0v) is 34.1. The van der Waals surface area contributed by atoms with E-state index in [1.807, 2.05) is 6.07 Å². The summed E-state index contributed by atoms with van der Waals surface area (Å²) in [6, 6.07) is 12.8. The minimum absolute atomic E-state index is 0.0491. The molecule has 0 radical (unpaired) electrons. The predicted molar refractivity (Wildman–Crippen MR) is 217 cm³/mol. The summed E-state index contributed by atoms with van der Waals surface area (Å²) in [7, 11) is 0. The van der Waals surface area contributed by atoms with E-state index in [0.717, 1.165) is 11.8 Å². The molecule has 21 nitrogen and oxygen atoms in total. The number of hydrogen-bond acceptors (Lipinski definition) is 18. The summed E-state index contributed by atoms with van der Waals surface area (Å²) in [4.78, 5) is 80.2. The average molecular weight is 892 g/mol. The molecule has 0 bridgehead atoms. The van der Waals surface area contributed by atoms with Crippen LogP contribution in [-0.4, -0.2) is 99.9 Å². The van der Waals surface area contributed by atoms with Crippen molar-refractivity contribution < 1.29 is 57.6 Å². The highest BCUT2D eigenvalue weighted by atomic mass is 35.5. The summed E-state index contributed by atoms with van der Waals surface area (Å²) in [6.07, 6.45) is -1.11. The fourth-order valence-corrected chi connectivity index (χ4v) is 6.16. The molecule has 0 fully saturated rings. The lowest BCUT2D eigenvalue weighted by Gasteiger charge is -2.20. The summed E-state index contributed by atoms with van der Waals surface area (Å²) < 4.78 is 22.0. The molecule has 2 amide bonds. The topological polar surface area (TPSA) is 359 Å². The molecular formula is C39H38ClN9O12S. The molecule has 23 heteroatoms. The van der Waals surface area contributed by atoms with Crippen LogP contribution in [0.4, 0.5) is 5.82 Å². The first-order chi connectivity index (χ1) is 29.5. The maximum Gasteiger partial charge on any atom is 0.328 e. The number of anilines is 1. The first-order valence-corrected chi connectivity index (χ1v) is 19.4. The first-order valence-electron chi connectivity index (χ1n) is 18.1. The van der Waals surface area contributed by atoms with Crippen molar-refractivity contribution in [3.8, 4) is 40.5 Å². The number of amides is 2. The van der Waals surface area contributed by atoms with Gasteiger partial charge in [-0.1, -0.05) is 35.5 Å². The van der Waals surface area contributed by atoms with Gasteiger partial charge in [-0.3, -0.25) is 24.0 Å². The van der Waals surface area contributed by atoms with E-state index in [1.54, 1.807) is 24.3 Å². The van der Waals surface area contributed by atoms with Crippen LogP contribution in [0.3, 0.4) is 0 Å². The number of nitriles is 2. The molecule has 4 atom stereocenters. The van der Waals surface area contributed by atoms with Crippen molar-refractivity contribution in [3.05, 3.63) is 76.6 Å². The Labute approximate surface area is 361 Å². The van der Waals surface area contributed by atoms with Gasteiger partial charge in [0.25, 0.3) is 0 Å². The third-order valence-electron chi connectivity index (χ3n) is 8.31. The van der Waals surface area contributed by atoms with Gasteiger partial charge < -0.3 is 56.7 Å². The van der Waals surface area contributed by atoms with E-state index in [4.69, 9.17) is 57.6 Å². The number of nitrogens with two attached hydrogens (primary N) is 3. The van der Waals surface area contributed by atoms with Gasteiger partial charge in [-0.25, -0.2) is 14.8 Å². The molecule has 2 heterocycles. The molecule has 324 valence electrons. The maximum atomic E-state index is 12.7. The quantitative estimate of drug-likeness (QED) is 0.0462. The summed E-state index contributed by atoms with van der Waals surface area (Å²) >= 11 is 7.13. The fraction of sp³-hybridized carbons (Fsp3) is 0.282. The lowest BCUT2D eigenvalue weighted by atomic mass is 9.97. The van der Waals surface area contributed by atoms with Crippen LogP contribution in [0.2, 0.25) is 5.02 Å². The number of carbonyl (C=O) groups excluding carboxylic acids is 4. The average Bonchev–Trinajstić information content (AvgIpc) is 3.72. The van der Waals surface area contributed by atoms with Crippen molar-refractivity contribution in [3.63, 3.8) is 0 Å². The third kappa shape index (κ3) is 13.7. The molecule has 0 aliphatic rings. The molecule has 0 saturated heterocycles. The number of nitrogens with one attached hydrogen (secondary N) is 2. The number of benzene rings is 2. The minimum Gasteiger partial charge on any atom is -0.490 e. The van der Waals surface area contributed by atoms with E-state index < -0.39 is 92.5 Å². The molecule has 0 spiro atoms. The molecule has 62 heavy (non-hydrogen) atoms. The van der Waals surface area contributed by atoms with Crippen molar-refractivity contribution in [2.24, 2.45) is 11.5 Å². The smallest absolute Gasteiger partial charge is 0.328 e. The van der Waals surface area contributed by atoms with Gasteiger partial charge in [0, 0.05) is 21.9 Å². The normalized spacial score (nSPS) is 12.6. The Balaban J connectivity index is 1.47. The van der Waals surface area contributed by atoms with E-state index in [-0.39, 0.29) is 39.0 Å². The van der Waals surface area contributed by atoms with Crippen LogP contribution >= 0.6 is 23.4 Å².